The summed E-state index contributed by atoms with van der Waals surface area (Å²) in [7, 11) is -0.819. The maximum absolute atomic E-state index is 12.0. The molecule has 0 aromatic heterocycles. The fourth-order valence-electron chi connectivity index (χ4n) is 2.71. The van der Waals surface area contributed by atoms with Gasteiger partial charge >= 0.3 is 5.97 Å². The number of aliphatic hydroxyl groups is 1. The largest absolute Gasteiger partial charge is 0.477 e. The van der Waals surface area contributed by atoms with Crippen LogP contribution in [0, 0.1) is 5.92 Å². The van der Waals surface area contributed by atoms with E-state index in [0.717, 1.165) is 6.42 Å². The van der Waals surface area contributed by atoms with Gasteiger partial charge in [-0.1, -0.05) is 11.8 Å². The Hall–Kier alpha value is -0.510. The van der Waals surface area contributed by atoms with Gasteiger partial charge in [0.15, 0.2) is 5.70 Å². The number of aliphatic carboxylic acids is 1. The first-order valence-corrected chi connectivity index (χ1v) is 9.82. The number of aliphatic hydroxyl groups excluding tert-OH is 1. The van der Waals surface area contributed by atoms with Crippen LogP contribution in [0.3, 0.4) is 0 Å². The SMILES string of the molecule is C[C@@H](O)C1C(=O)N2C(C(=O)O)=C(SC3CCS(=O)C3)S[C@H]12. The van der Waals surface area contributed by atoms with E-state index in [1.165, 1.54) is 28.4 Å². The molecule has 1 amide bonds. The van der Waals surface area contributed by atoms with E-state index in [1.807, 2.05) is 0 Å². The van der Waals surface area contributed by atoms with Crippen LogP contribution >= 0.6 is 23.5 Å². The third-order valence-corrected chi connectivity index (χ3v) is 8.33. The fraction of sp³-hybridized carbons (Fsp3) is 0.667. The summed E-state index contributed by atoms with van der Waals surface area (Å²) in [5.41, 5.74) is 0.0228. The molecule has 6 nitrogen and oxygen atoms in total. The maximum atomic E-state index is 12.0. The van der Waals surface area contributed by atoms with Crippen molar-refractivity contribution in [1.82, 2.24) is 4.90 Å². The van der Waals surface area contributed by atoms with Crippen LogP contribution in [0.15, 0.2) is 9.93 Å². The van der Waals surface area contributed by atoms with Crippen molar-refractivity contribution in [2.45, 2.75) is 30.1 Å². The van der Waals surface area contributed by atoms with Crippen LogP contribution in [-0.2, 0) is 20.4 Å². The molecular weight excluding hydrogens is 334 g/mol. The summed E-state index contributed by atoms with van der Waals surface area (Å²) in [4.78, 5) is 24.8. The Bertz CT molecular complexity index is 561. The molecule has 116 valence electrons. The van der Waals surface area contributed by atoms with Crippen LogP contribution in [0.2, 0.25) is 0 Å². The second-order valence-electron chi connectivity index (χ2n) is 5.26. The molecule has 0 aromatic carbocycles. The molecule has 3 unspecified atom stereocenters. The van der Waals surface area contributed by atoms with Gasteiger partial charge in [0.25, 0.3) is 0 Å². The minimum Gasteiger partial charge on any atom is -0.477 e. The van der Waals surface area contributed by atoms with E-state index in [2.05, 4.69) is 0 Å². The van der Waals surface area contributed by atoms with E-state index in [-0.39, 0.29) is 22.2 Å². The summed E-state index contributed by atoms with van der Waals surface area (Å²) in [6, 6.07) is 0. The smallest absolute Gasteiger partial charge is 0.354 e. The molecule has 0 saturated carbocycles. The predicted molar refractivity (Wildman–Crippen MR) is 81.9 cm³/mol. The van der Waals surface area contributed by atoms with E-state index < -0.39 is 28.8 Å². The predicted octanol–water partition coefficient (Wildman–Crippen LogP) is 0.406. The third kappa shape index (κ3) is 2.54. The first kappa shape index (κ1) is 15.4. The van der Waals surface area contributed by atoms with Crippen molar-refractivity contribution in [2.24, 2.45) is 5.92 Å². The highest BCUT2D eigenvalue weighted by molar-refractivity contribution is 8.23. The Kier molecular flexibility index (Phi) is 4.10. The molecular formula is C12H15NO5S3. The molecule has 0 aliphatic carbocycles. The number of nitrogens with zero attached hydrogens (tertiary/aromatic N) is 1. The Labute approximate surface area is 132 Å². The van der Waals surface area contributed by atoms with Crippen molar-refractivity contribution >= 4 is 46.2 Å². The zero-order chi connectivity index (χ0) is 15.3. The van der Waals surface area contributed by atoms with Gasteiger partial charge in [0, 0.05) is 27.6 Å². The van der Waals surface area contributed by atoms with Gasteiger partial charge in [-0.15, -0.1) is 11.8 Å². The van der Waals surface area contributed by atoms with Crippen molar-refractivity contribution in [2.75, 3.05) is 11.5 Å². The first-order valence-electron chi connectivity index (χ1n) is 6.57. The van der Waals surface area contributed by atoms with Gasteiger partial charge in [-0.3, -0.25) is 13.9 Å². The molecule has 0 spiro atoms. The van der Waals surface area contributed by atoms with E-state index >= 15 is 0 Å². The molecule has 0 aromatic rings. The Balaban J connectivity index is 1.81. The number of hydrogen-bond donors (Lipinski definition) is 2. The highest BCUT2D eigenvalue weighted by Crippen LogP contribution is 2.55. The second-order valence-corrected chi connectivity index (χ2v) is 9.58. The summed E-state index contributed by atoms with van der Waals surface area (Å²) in [5, 5.41) is 18.8. The zero-order valence-corrected chi connectivity index (χ0v) is 13.7. The average molecular weight is 349 g/mol. The van der Waals surface area contributed by atoms with Crippen LogP contribution in [0.25, 0.3) is 0 Å². The molecule has 9 heteroatoms. The summed E-state index contributed by atoms with van der Waals surface area (Å²) in [6.45, 7) is 1.55. The van der Waals surface area contributed by atoms with Crippen LogP contribution < -0.4 is 0 Å². The minimum absolute atomic E-state index is 0.0228. The van der Waals surface area contributed by atoms with Gasteiger partial charge in [-0.2, -0.15) is 0 Å². The number of carboxylic acid groups (broad SMARTS) is 1. The summed E-state index contributed by atoms with van der Waals surface area (Å²) >= 11 is 2.74. The number of β-lactam (4-membered cyclic amide) rings is 1. The minimum atomic E-state index is -1.12. The quantitative estimate of drug-likeness (QED) is 0.710. The molecule has 21 heavy (non-hydrogen) atoms. The lowest BCUT2D eigenvalue weighted by Crippen LogP contribution is -2.60. The second kappa shape index (κ2) is 5.60. The molecule has 2 fully saturated rings. The fourth-order valence-corrected chi connectivity index (χ4v) is 7.97. The number of amides is 1. The molecule has 0 bridgehead atoms. The van der Waals surface area contributed by atoms with Crippen molar-refractivity contribution in [1.29, 1.82) is 0 Å². The molecule has 3 heterocycles. The van der Waals surface area contributed by atoms with Gasteiger partial charge in [-0.05, 0) is 13.3 Å². The lowest BCUT2D eigenvalue weighted by atomic mass is 9.92. The van der Waals surface area contributed by atoms with Crippen LogP contribution in [0.5, 0.6) is 0 Å². The summed E-state index contributed by atoms with van der Waals surface area (Å²) in [5.74, 6) is -0.768. The zero-order valence-electron chi connectivity index (χ0n) is 11.2. The van der Waals surface area contributed by atoms with Gasteiger partial charge in [-0.25, -0.2) is 4.79 Å². The van der Waals surface area contributed by atoms with E-state index in [4.69, 9.17) is 0 Å². The van der Waals surface area contributed by atoms with Crippen molar-refractivity contribution < 1.29 is 24.0 Å². The van der Waals surface area contributed by atoms with Crippen molar-refractivity contribution in [3.05, 3.63) is 9.93 Å². The van der Waals surface area contributed by atoms with Crippen molar-refractivity contribution in [3.63, 3.8) is 0 Å². The van der Waals surface area contributed by atoms with E-state index in [1.54, 1.807) is 6.92 Å². The number of carboxylic acids is 1. The highest BCUT2D eigenvalue weighted by atomic mass is 32.2. The Morgan fingerprint density at radius 1 is 1.57 bits per heavy atom. The summed E-state index contributed by atoms with van der Waals surface area (Å²) in [6.07, 6.45) is 0.0109. The highest BCUT2D eigenvalue weighted by Gasteiger charge is 2.58. The van der Waals surface area contributed by atoms with Gasteiger partial charge in [0.1, 0.15) is 5.37 Å². The van der Waals surface area contributed by atoms with Gasteiger partial charge < -0.3 is 10.2 Å². The number of thioether (sulfide) groups is 2. The number of fused-ring (bicyclic) bond motifs is 1. The van der Waals surface area contributed by atoms with Crippen LogP contribution in [0.1, 0.15) is 13.3 Å². The third-order valence-electron chi connectivity index (χ3n) is 3.78. The molecule has 3 aliphatic heterocycles. The molecule has 5 atom stereocenters. The topological polar surface area (TPSA) is 94.9 Å². The first-order chi connectivity index (χ1) is 9.90. The lowest BCUT2D eigenvalue weighted by molar-refractivity contribution is -0.156. The maximum Gasteiger partial charge on any atom is 0.354 e. The number of rotatable bonds is 4. The van der Waals surface area contributed by atoms with Crippen molar-refractivity contribution in [3.8, 4) is 0 Å². The van der Waals surface area contributed by atoms with E-state index in [0.29, 0.717) is 15.7 Å². The van der Waals surface area contributed by atoms with Gasteiger partial charge in [0.05, 0.1) is 16.3 Å². The van der Waals surface area contributed by atoms with E-state index in [9.17, 15) is 24.0 Å². The monoisotopic (exact) mass is 349 g/mol. The number of carbonyl (C=O) groups is 2. The standard InChI is InChI=1S/C12H15NO5S3/c1-5(14)7-9(15)13-8(11(16)17)12(20-10(7)13)19-6-2-3-21(18)4-6/h5-7,10,14H,2-4H2,1H3,(H,16,17)/t5-,6?,7?,10-,21?/m1/s1. The molecule has 3 aliphatic rings. The van der Waals surface area contributed by atoms with Gasteiger partial charge in [0.2, 0.25) is 5.91 Å². The Morgan fingerprint density at radius 3 is 2.81 bits per heavy atom. The average Bonchev–Trinajstić information content (AvgIpc) is 2.91. The number of carbonyl (C=O) groups excluding carboxylic acids is 1. The van der Waals surface area contributed by atoms with Crippen LogP contribution in [-0.4, -0.2) is 59.4 Å². The summed E-state index contributed by atoms with van der Waals surface area (Å²) < 4.78 is 12.0. The molecule has 2 saturated heterocycles. The molecule has 0 radical (unpaired) electrons. The number of hydrogen-bond acceptors (Lipinski definition) is 6. The molecule has 2 N–H and O–H groups in total. The Morgan fingerprint density at radius 2 is 2.29 bits per heavy atom. The molecule has 3 rings (SSSR count). The normalized spacial score (nSPS) is 36.7. The lowest BCUT2D eigenvalue weighted by Gasteiger charge is -2.43. The van der Waals surface area contributed by atoms with Crippen LogP contribution in [0.4, 0.5) is 0 Å².